The number of aromatic nitrogens is 1. The molecule has 1 aromatic heterocycles. The van der Waals surface area contributed by atoms with Crippen molar-refractivity contribution in [3.63, 3.8) is 0 Å². The summed E-state index contributed by atoms with van der Waals surface area (Å²) in [6.45, 7) is 5.71. The minimum absolute atomic E-state index is 0.0763. The van der Waals surface area contributed by atoms with Gasteiger partial charge < -0.3 is 15.8 Å². The number of nitrogens with one attached hydrogen (secondary N) is 2. The molecule has 4 N–H and O–H groups in total. The van der Waals surface area contributed by atoms with E-state index in [1.165, 1.54) is 12.3 Å². The lowest BCUT2D eigenvalue weighted by Crippen LogP contribution is -2.34. The first-order chi connectivity index (χ1) is 10.5. The van der Waals surface area contributed by atoms with E-state index in [4.69, 9.17) is 10.5 Å². The lowest BCUT2D eigenvalue weighted by Gasteiger charge is -2.19. The van der Waals surface area contributed by atoms with Gasteiger partial charge in [0.2, 0.25) is 10.0 Å². The highest BCUT2D eigenvalue weighted by atomic mass is 79.9. The van der Waals surface area contributed by atoms with Gasteiger partial charge in [-0.2, -0.15) is 0 Å². The molecule has 0 atom stereocenters. The predicted molar refractivity (Wildman–Crippen MR) is 90.4 cm³/mol. The molecule has 0 radical (unpaired) electrons. The summed E-state index contributed by atoms with van der Waals surface area (Å²) in [6.07, 6.45) is 1.28. The van der Waals surface area contributed by atoms with Crippen molar-refractivity contribution in [1.82, 2.24) is 15.0 Å². The van der Waals surface area contributed by atoms with Crippen LogP contribution in [0.1, 0.15) is 27.2 Å². The number of hydrogen-bond acceptors (Lipinski definition) is 6. The van der Waals surface area contributed by atoms with Gasteiger partial charge in [-0.25, -0.2) is 22.9 Å². The van der Waals surface area contributed by atoms with Crippen molar-refractivity contribution in [3.05, 3.63) is 16.7 Å². The molecule has 0 bridgehead atoms. The van der Waals surface area contributed by atoms with Crippen molar-refractivity contribution in [1.29, 1.82) is 0 Å². The van der Waals surface area contributed by atoms with Gasteiger partial charge in [0.05, 0.1) is 0 Å². The predicted octanol–water partition coefficient (Wildman–Crippen LogP) is 1.62. The summed E-state index contributed by atoms with van der Waals surface area (Å²) < 4.78 is 32.2. The number of sulfonamides is 1. The first kappa shape index (κ1) is 19.7. The Morgan fingerprint density at radius 2 is 2.04 bits per heavy atom. The largest absolute Gasteiger partial charge is 0.444 e. The van der Waals surface area contributed by atoms with Gasteiger partial charge in [0, 0.05) is 23.8 Å². The fourth-order valence-electron chi connectivity index (χ4n) is 1.52. The van der Waals surface area contributed by atoms with Crippen LogP contribution in [-0.2, 0) is 14.8 Å². The highest BCUT2D eigenvalue weighted by molar-refractivity contribution is 9.10. The fourth-order valence-corrected chi connectivity index (χ4v) is 3.19. The van der Waals surface area contributed by atoms with E-state index >= 15 is 0 Å². The van der Waals surface area contributed by atoms with Crippen molar-refractivity contribution < 1.29 is 17.9 Å². The first-order valence-corrected chi connectivity index (χ1v) is 9.16. The van der Waals surface area contributed by atoms with E-state index in [0.717, 1.165) is 0 Å². The van der Waals surface area contributed by atoms with Crippen LogP contribution in [0.25, 0.3) is 0 Å². The topological polar surface area (TPSA) is 123 Å². The maximum Gasteiger partial charge on any atom is 0.407 e. The molecule has 1 aromatic rings. The SMILES string of the molecule is CC(C)(C)OC(=O)NCCCNS(=O)(=O)c1cc(Br)cnc1N. The zero-order chi connectivity index (χ0) is 17.7. The lowest BCUT2D eigenvalue weighted by molar-refractivity contribution is 0.0527. The highest BCUT2D eigenvalue weighted by Crippen LogP contribution is 2.20. The van der Waals surface area contributed by atoms with Gasteiger partial charge in [-0.1, -0.05) is 0 Å². The number of rotatable bonds is 6. The molecule has 0 aliphatic rings. The molecule has 0 aliphatic carbocycles. The number of halogens is 1. The van der Waals surface area contributed by atoms with E-state index in [0.29, 0.717) is 10.9 Å². The molecule has 1 amide bonds. The quantitative estimate of drug-likeness (QED) is 0.614. The van der Waals surface area contributed by atoms with E-state index in [-0.39, 0.29) is 23.8 Å². The van der Waals surface area contributed by atoms with Crippen molar-refractivity contribution in [2.45, 2.75) is 37.7 Å². The summed E-state index contributed by atoms with van der Waals surface area (Å²) in [4.78, 5) is 15.1. The number of nitrogens with zero attached hydrogens (tertiary/aromatic N) is 1. The number of nitrogen functional groups attached to an aromatic ring is 1. The van der Waals surface area contributed by atoms with Gasteiger partial charge >= 0.3 is 6.09 Å². The van der Waals surface area contributed by atoms with Gasteiger partial charge in [0.25, 0.3) is 0 Å². The molecule has 0 unspecified atom stereocenters. The van der Waals surface area contributed by atoms with Gasteiger partial charge in [-0.15, -0.1) is 0 Å². The average molecular weight is 409 g/mol. The molecular weight excluding hydrogens is 388 g/mol. The smallest absolute Gasteiger partial charge is 0.407 e. The molecule has 0 aliphatic heterocycles. The highest BCUT2D eigenvalue weighted by Gasteiger charge is 2.19. The second kappa shape index (κ2) is 7.93. The number of hydrogen-bond donors (Lipinski definition) is 3. The molecule has 0 spiro atoms. The second-order valence-electron chi connectivity index (χ2n) is 5.72. The van der Waals surface area contributed by atoms with Crippen molar-refractivity contribution in [2.24, 2.45) is 0 Å². The number of anilines is 1. The Labute approximate surface area is 144 Å². The number of nitrogens with two attached hydrogens (primary N) is 1. The number of carbonyl (C=O) groups is 1. The van der Waals surface area contributed by atoms with Crippen molar-refractivity contribution in [2.75, 3.05) is 18.8 Å². The Bertz CT molecular complexity index is 658. The first-order valence-electron chi connectivity index (χ1n) is 6.89. The number of amides is 1. The van der Waals surface area contributed by atoms with E-state index in [1.807, 2.05) is 0 Å². The lowest BCUT2D eigenvalue weighted by atomic mass is 10.2. The van der Waals surface area contributed by atoms with E-state index in [1.54, 1.807) is 20.8 Å². The molecule has 0 saturated carbocycles. The fraction of sp³-hybridized carbons (Fsp3) is 0.538. The maximum atomic E-state index is 12.1. The molecule has 0 saturated heterocycles. The normalized spacial score (nSPS) is 12.0. The molecule has 130 valence electrons. The summed E-state index contributed by atoms with van der Waals surface area (Å²) in [5.74, 6) is -0.0763. The third-order valence-electron chi connectivity index (χ3n) is 2.45. The van der Waals surface area contributed by atoms with Gasteiger partial charge in [-0.05, 0) is 49.2 Å². The third kappa shape index (κ3) is 7.14. The van der Waals surface area contributed by atoms with Crippen LogP contribution in [0.4, 0.5) is 10.6 Å². The molecule has 1 heterocycles. The molecule has 8 nitrogen and oxygen atoms in total. The van der Waals surface area contributed by atoms with Crippen LogP contribution in [0.15, 0.2) is 21.6 Å². The molecule has 10 heteroatoms. The second-order valence-corrected chi connectivity index (χ2v) is 8.37. The molecular formula is C13H21BrN4O4S. The van der Waals surface area contributed by atoms with Crippen LogP contribution in [0, 0.1) is 0 Å². The average Bonchev–Trinajstić information content (AvgIpc) is 2.39. The summed E-state index contributed by atoms with van der Waals surface area (Å²) in [5.41, 5.74) is 5.01. The third-order valence-corrected chi connectivity index (χ3v) is 4.38. The standard InChI is InChI=1S/C13H21BrN4O4S/c1-13(2,3)22-12(19)16-5-4-6-18-23(20,21)10-7-9(14)8-17-11(10)15/h7-8,18H,4-6H2,1-3H3,(H2,15,17)(H,16,19). The molecule has 0 aromatic carbocycles. The van der Waals surface area contributed by atoms with Crippen LogP contribution < -0.4 is 15.8 Å². The number of carbonyl (C=O) groups excluding carboxylic acids is 1. The summed E-state index contributed by atoms with van der Waals surface area (Å²) in [6, 6.07) is 1.38. The summed E-state index contributed by atoms with van der Waals surface area (Å²) in [7, 11) is -3.75. The Balaban J connectivity index is 2.43. The van der Waals surface area contributed by atoms with E-state index in [9.17, 15) is 13.2 Å². The van der Waals surface area contributed by atoms with Crippen molar-refractivity contribution in [3.8, 4) is 0 Å². The van der Waals surface area contributed by atoms with Crippen LogP contribution in [0.5, 0.6) is 0 Å². The summed E-state index contributed by atoms with van der Waals surface area (Å²) in [5, 5.41) is 2.55. The van der Waals surface area contributed by atoms with E-state index < -0.39 is 21.7 Å². The number of ether oxygens (including phenoxy) is 1. The van der Waals surface area contributed by atoms with Crippen molar-refractivity contribution >= 4 is 37.9 Å². The number of pyridine rings is 1. The van der Waals surface area contributed by atoms with Crippen LogP contribution in [0.3, 0.4) is 0 Å². The maximum absolute atomic E-state index is 12.1. The monoisotopic (exact) mass is 408 g/mol. The molecule has 0 fully saturated rings. The minimum atomic E-state index is -3.75. The molecule has 1 rings (SSSR count). The Kier molecular flexibility index (Phi) is 6.78. The van der Waals surface area contributed by atoms with Crippen LogP contribution >= 0.6 is 15.9 Å². The van der Waals surface area contributed by atoms with Gasteiger partial charge in [0.1, 0.15) is 16.3 Å². The zero-order valence-electron chi connectivity index (χ0n) is 13.2. The van der Waals surface area contributed by atoms with Crippen LogP contribution in [-0.4, -0.2) is 38.2 Å². The zero-order valence-corrected chi connectivity index (χ0v) is 15.6. The Morgan fingerprint density at radius 1 is 1.39 bits per heavy atom. The van der Waals surface area contributed by atoms with Gasteiger partial charge in [0.15, 0.2) is 0 Å². The van der Waals surface area contributed by atoms with Gasteiger partial charge in [-0.3, -0.25) is 0 Å². The Hall–Kier alpha value is -1.39. The number of alkyl carbamates (subject to hydrolysis) is 1. The minimum Gasteiger partial charge on any atom is -0.444 e. The van der Waals surface area contributed by atoms with E-state index in [2.05, 4.69) is 31.0 Å². The Morgan fingerprint density at radius 3 is 2.65 bits per heavy atom. The molecule has 23 heavy (non-hydrogen) atoms. The van der Waals surface area contributed by atoms with Crippen LogP contribution in [0.2, 0.25) is 0 Å². The summed E-state index contributed by atoms with van der Waals surface area (Å²) >= 11 is 3.15.